The number of para-hydroxylation sites is 1. The van der Waals surface area contributed by atoms with Crippen LogP contribution in [-0.4, -0.2) is 41.9 Å². The summed E-state index contributed by atoms with van der Waals surface area (Å²) in [5.41, 5.74) is 3.65. The fourth-order valence-electron chi connectivity index (χ4n) is 3.79. The summed E-state index contributed by atoms with van der Waals surface area (Å²) >= 11 is 0. The van der Waals surface area contributed by atoms with Crippen molar-refractivity contribution >= 4 is 23.4 Å². The van der Waals surface area contributed by atoms with E-state index in [2.05, 4.69) is 5.32 Å². The predicted octanol–water partition coefficient (Wildman–Crippen LogP) is 3.33. The molecule has 2 aromatic rings. The second-order valence-electron chi connectivity index (χ2n) is 7.34. The van der Waals surface area contributed by atoms with Gasteiger partial charge in [0.1, 0.15) is 0 Å². The Balaban J connectivity index is 1.56. The Hall–Kier alpha value is -2.99. The number of nitrogens with zero attached hydrogens (tertiary/aromatic N) is 1. The van der Waals surface area contributed by atoms with E-state index in [1.807, 2.05) is 32.0 Å². The number of imide groups is 1. The molecule has 2 aliphatic heterocycles. The summed E-state index contributed by atoms with van der Waals surface area (Å²) in [5, 5.41) is 2.91. The largest absolute Gasteiger partial charge is 0.376 e. The highest BCUT2D eigenvalue weighted by atomic mass is 16.5. The zero-order chi connectivity index (χ0) is 19.8. The lowest BCUT2D eigenvalue weighted by Crippen LogP contribution is -2.36. The summed E-state index contributed by atoms with van der Waals surface area (Å²) in [5.74, 6) is -0.993. The summed E-state index contributed by atoms with van der Waals surface area (Å²) in [6, 6.07) is 10.4. The van der Waals surface area contributed by atoms with Crippen molar-refractivity contribution in [2.75, 3.05) is 18.5 Å². The molecule has 0 spiro atoms. The average molecular weight is 378 g/mol. The number of rotatable bonds is 4. The van der Waals surface area contributed by atoms with E-state index < -0.39 is 0 Å². The first kappa shape index (κ1) is 18.4. The number of fused-ring (bicyclic) bond motifs is 1. The summed E-state index contributed by atoms with van der Waals surface area (Å²) in [6.07, 6.45) is 1.68. The Morgan fingerprint density at radius 1 is 1.11 bits per heavy atom. The van der Waals surface area contributed by atoms with Crippen molar-refractivity contribution in [2.24, 2.45) is 0 Å². The van der Waals surface area contributed by atoms with Crippen LogP contribution in [0, 0.1) is 13.8 Å². The Bertz CT molecular complexity index is 956. The van der Waals surface area contributed by atoms with Crippen LogP contribution in [0.25, 0.3) is 0 Å². The number of amides is 3. The molecular weight excluding hydrogens is 356 g/mol. The van der Waals surface area contributed by atoms with Crippen molar-refractivity contribution in [3.8, 4) is 0 Å². The van der Waals surface area contributed by atoms with Crippen molar-refractivity contribution in [1.82, 2.24) is 4.90 Å². The zero-order valence-corrected chi connectivity index (χ0v) is 16.0. The highest BCUT2D eigenvalue weighted by Crippen LogP contribution is 2.27. The van der Waals surface area contributed by atoms with Gasteiger partial charge in [0.15, 0.2) is 0 Å². The summed E-state index contributed by atoms with van der Waals surface area (Å²) in [7, 11) is 0. The number of benzene rings is 2. The molecule has 144 valence electrons. The molecule has 1 N–H and O–H groups in total. The smallest absolute Gasteiger partial charge is 0.261 e. The maximum absolute atomic E-state index is 12.8. The second-order valence-corrected chi connectivity index (χ2v) is 7.34. The van der Waals surface area contributed by atoms with E-state index in [-0.39, 0.29) is 35.9 Å². The molecule has 0 aromatic heterocycles. The number of ether oxygens (including phenoxy) is 1. The van der Waals surface area contributed by atoms with E-state index in [0.717, 1.165) is 29.7 Å². The van der Waals surface area contributed by atoms with Gasteiger partial charge in [-0.25, -0.2) is 0 Å². The monoisotopic (exact) mass is 378 g/mol. The van der Waals surface area contributed by atoms with Crippen molar-refractivity contribution < 1.29 is 19.1 Å². The zero-order valence-electron chi connectivity index (χ0n) is 16.0. The van der Waals surface area contributed by atoms with Crippen LogP contribution in [0.3, 0.4) is 0 Å². The summed E-state index contributed by atoms with van der Waals surface area (Å²) in [6.45, 7) is 4.78. The molecule has 2 aliphatic rings. The highest BCUT2D eigenvalue weighted by molar-refractivity contribution is 6.22. The van der Waals surface area contributed by atoms with Crippen LogP contribution in [0.5, 0.6) is 0 Å². The van der Waals surface area contributed by atoms with Gasteiger partial charge in [-0.05, 0) is 56.0 Å². The maximum Gasteiger partial charge on any atom is 0.261 e. The lowest BCUT2D eigenvalue weighted by molar-refractivity contribution is 0.0475. The van der Waals surface area contributed by atoms with Crippen LogP contribution < -0.4 is 5.32 Å². The van der Waals surface area contributed by atoms with E-state index in [1.165, 1.54) is 11.0 Å². The Labute approximate surface area is 163 Å². The number of anilines is 1. The molecule has 1 atom stereocenters. The highest BCUT2D eigenvalue weighted by Gasteiger charge is 2.38. The third kappa shape index (κ3) is 3.20. The number of hydrogen-bond donors (Lipinski definition) is 1. The number of nitrogens with one attached hydrogen (secondary N) is 1. The van der Waals surface area contributed by atoms with E-state index in [4.69, 9.17) is 4.74 Å². The Morgan fingerprint density at radius 2 is 1.82 bits per heavy atom. The number of aryl methyl sites for hydroxylation is 2. The van der Waals surface area contributed by atoms with Gasteiger partial charge < -0.3 is 10.1 Å². The minimum atomic E-state index is -0.364. The van der Waals surface area contributed by atoms with Crippen molar-refractivity contribution in [2.45, 2.75) is 32.8 Å². The van der Waals surface area contributed by atoms with Gasteiger partial charge in [0.2, 0.25) is 0 Å². The van der Waals surface area contributed by atoms with Gasteiger partial charge in [0.25, 0.3) is 17.7 Å². The molecule has 0 saturated carbocycles. The molecule has 6 heteroatoms. The standard InChI is InChI=1S/C22H22N2O4/c1-13-5-3-6-14(2)19(13)23-20(25)15-8-9-17-18(11-15)22(27)24(21(17)26)12-16-7-4-10-28-16/h3,5-6,8-9,11,16H,4,7,10,12H2,1-2H3,(H,23,25). The van der Waals surface area contributed by atoms with Gasteiger partial charge in [-0.15, -0.1) is 0 Å². The molecule has 1 saturated heterocycles. The molecule has 0 bridgehead atoms. The van der Waals surface area contributed by atoms with Gasteiger partial charge >= 0.3 is 0 Å². The van der Waals surface area contributed by atoms with E-state index in [0.29, 0.717) is 17.7 Å². The topological polar surface area (TPSA) is 75.7 Å². The Morgan fingerprint density at radius 3 is 2.50 bits per heavy atom. The predicted molar refractivity (Wildman–Crippen MR) is 105 cm³/mol. The fraction of sp³-hybridized carbons (Fsp3) is 0.318. The minimum absolute atomic E-state index is 0.103. The number of carbonyl (C=O) groups excluding carboxylic acids is 3. The molecule has 3 amide bonds. The van der Waals surface area contributed by atoms with Gasteiger partial charge in [-0.3, -0.25) is 19.3 Å². The van der Waals surface area contributed by atoms with Crippen LogP contribution in [-0.2, 0) is 4.74 Å². The summed E-state index contributed by atoms with van der Waals surface area (Å²) < 4.78 is 5.55. The van der Waals surface area contributed by atoms with Crippen LogP contribution >= 0.6 is 0 Å². The van der Waals surface area contributed by atoms with Crippen LogP contribution in [0.2, 0.25) is 0 Å². The van der Waals surface area contributed by atoms with Crippen LogP contribution in [0.1, 0.15) is 55.0 Å². The molecule has 1 unspecified atom stereocenters. The van der Waals surface area contributed by atoms with Gasteiger partial charge in [0.05, 0.1) is 23.8 Å². The van der Waals surface area contributed by atoms with Crippen molar-refractivity contribution in [3.05, 3.63) is 64.2 Å². The second kappa shape index (κ2) is 7.20. The normalized spacial score (nSPS) is 18.5. The first-order valence-electron chi connectivity index (χ1n) is 9.45. The molecule has 1 fully saturated rings. The SMILES string of the molecule is Cc1cccc(C)c1NC(=O)c1ccc2c(c1)C(=O)N(CC1CCCO1)C2=O. The molecular formula is C22H22N2O4. The average Bonchev–Trinajstić information content (AvgIpc) is 3.28. The lowest BCUT2D eigenvalue weighted by Gasteiger charge is -2.17. The van der Waals surface area contributed by atoms with Gasteiger partial charge in [-0.1, -0.05) is 18.2 Å². The molecule has 2 heterocycles. The molecule has 4 rings (SSSR count). The van der Waals surface area contributed by atoms with Crippen LogP contribution in [0.4, 0.5) is 5.69 Å². The minimum Gasteiger partial charge on any atom is -0.376 e. The van der Waals surface area contributed by atoms with Crippen molar-refractivity contribution in [3.63, 3.8) is 0 Å². The molecule has 2 aromatic carbocycles. The van der Waals surface area contributed by atoms with E-state index >= 15 is 0 Å². The third-order valence-corrected chi connectivity index (χ3v) is 5.36. The third-order valence-electron chi connectivity index (χ3n) is 5.36. The first-order chi connectivity index (χ1) is 13.5. The maximum atomic E-state index is 12.8. The number of carbonyl (C=O) groups is 3. The molecule has 28 heavy (non-hydrogen) atoms. The van der Waals surface area contributed by atoms with Crippen LogP contribution in [0.15, 0.2) is 36.4 Å². The van der Waals surface area contributed by atoms with Gasteiger partial charge in [-0.2, -0.15) is 0 Å². The number of hydrogen-bond acceptors (Lipinski definition) is 4. The van der Waals surface area contributed by atoms with Crippen molar-refractivity contribution in [1.29, 1.82) is 0 Å². The van der Waals surface area contributed by atoms with E-state index in [9.17, 15) is 14.4 Å². The lowest BCUT2D eigenvalue weighted by atomic mass is 10.0. The molecule has 0 radical (unpaired) electrons. The summed E-state index contributed by atoms with van der Waals surface area (Å²) in [4.78, 5) is 39.3. The Kier molecular flexibility index (Phi) is 4.73. The molecule has 0 aliphatic carbocycles. The van der Waals surface area contributed by atoms with E-state index in [1.54, 1.807) is 12.1 Å². The van der Waals surface area contributed by atoms with Gasteiger partial charge in [0, 0.05) is 17.9 Å². The molecule has 6 nitrogen and oxygen atoms in total. The quantitative estimate of drug-likeness (QED) is 0.828. The fourth-order valence-corrected chi connectivity index (χ4v) is 3.79. The first-order valence-corrected chi connectivity index (χ1v) is 9.45.